The zero-order valence-corrected chi connectivity index (χ0v) is 40.8. The average molecular weight is 1140 g/mol. The second-order valence-electron chi connectivity index (χ2n) is 14.1. The number of halogens is 5. The molecule has 0 unspecified atom stereocenters. The van der Waals surface area contributed by atoms with Crippen LogP contribution in [0.15, 0.2) is 109 Å². The van der Waals surface area contributed by atoms with Crippen molar-refractivity contribution in [2.45, 2.75) is 37.8 Å². The molecule has 2 radical (unpaired) electrons. The van der Waals surface area contributed by atoms with Gasteiger partial charge >= 0.3 is 11.9 Å². The molecule has 0 bridgehead atoms. The van der Waals surface area contributed by atoms with Gasteiger partial charge in [-0.05, 0) is 103 Å². The van der Waals surface area contributed by atoms with Crippen molar-refractivity contribution in [3.63, 3.8) is 0 Å². The van der Waals surface area contributed by atoms with E-state index in [1.165, 1.54) is 26.5 Å². The maximum Gasteiger partial charge on any atom is 0.326 e. The number of carboxylic acid groups (broad SMARTS) is 2. The number of nitrogens with zero attached hydrogens (tertiary/aromatic N) is 3. The number of anilines is 1. The summed E-state index contributed by atoms with van der Waals surface area (Å²) in [7, 11) is 6.75. The molecule has 0 amide bonds. The molecule has 10 nitrogen and oxygen atoms in total. The molecule has 2 atom stereocenters. The van der Waals surface area contributed by atoms with Crippen LogP contribution >= 0.6 is 23.2 Å². The van der Waals surface area contributed by atoms with Crippen LogP contribution in [0.2, 0.25) is 10.0 Å². The number of methoxy groups -OCH3 is 2. The number of rotatable bonds is 11. The molecule has 0 saturated carbocycles. The van der Waals surface area contributed by atoms with E-state index in [1.807, 2.05) is 6.07 Å². The Balaban J connectivity index is 0.000000287. The average Bonchev–Trinajstić information content (AvgIpc) is 3.23. The van der Waals surface area contributed by atoms with Crippen molar-refractivity contribution < 1.29 is 73.6 Å². The number of ether oxygens (including phenoxy) is 2. The van der Waals surface area contributed by atoms with Crippen molar-refractivity contribution in [2.75, 3.05) is 32.2 Å². The number of carbonyl (C=O) groups is 2. The largest absolute Gasteiger partial charge is 0.496 e. The van der Waals surface area contributed by atoms with Crippen LogP contribution in [-0.2, 0) is 22.4 Å². The first-order chi connectivity index (χ1) is 30.4. The predicted octanol–water partition coefficient (Wildman–Crippen LogP) is 9.32. The number of nitrogens with one attached hydrogen (secondary N) is 1. The maximum atomic E-state index is 15.4. The summed E-state index contributed by atoms with van der Waals surface area (Å²) < 4.78 is 59.3. The van der Waals surface area contributed by atoms with E-state index in [0.29, 0.717) is 86.6 Å². The molecule has 64 heavy (non-hydrogen) atoms. The van der Waals surface area contributed by atoms with E-state index in [1.54, 1.807) is 96.0 Å². The van der Waals surface area contributed by atoms with Crippen molar-refractivity contribution in [3.8, 4) is 33.8 Å². The molecule has 2 aromatic heterocycles. The Morgan fingerprint density at radius 3 is 1.59 bits per heavy atom. The normalized spacial score (nSPS) is 14.5. The molecule has 2 aliphatic rings. The number of hydrogen-bond acceptors (Lipinski definition) is 8. The van der Waals surface area contributed by atoms with Gasteiger partial charge in [0.05, 0.1) is 25.3 Å². The number of benzene rings is 4. The Bertz CT molecular complexity index is 2510. The Kier molecular flexibility index (Phi) is 20.1. The topological polar surface area (TPSA) is 134 Å². The summed E-state index contributed by atoms with van der Waals surface area (Å²) in [6.07, 6.45) is 5.11. The number of hydrogen-bond donors (Lipinski definition) is 3. The van der Waals surface area contributed by atoms with Crippen molar-refractivity contribution in [1.82, 2.24) is 15.3 Å². The minimum absolute atomic E-state index is 0. The first-order valence-electron chi connectivity index (χ1n) is 19.7. The summed E-state index contributed by atoms with van der Waals surface area (Å²) in [6, 6.07) is 26.5. The van der Waals surface area contributed by atoms with Crippen LogP contribution in [0.1, 0.15) is 35.1 Å². The molecule has 8 rings (SSSR count). The summed E-state index contributed by atoms with van der Waals surface area (Å²) in [4.78, 5) is 30.9. The summed E-state index contributed by atoms with van der Waals surface area (Å²) in [5.41, 5.74) is 4.52. The minimum Gasteiger partial charge on any atom is -0.496 e. The maximum absolute atomic E-state index is 15.4. The van der Waals surface area contributed by atoms with Gasteiger partial charge < -0.3 is 37.3 Å². The van der Waals surface area contributed by atoms with Crippen LogP contribution in [0.3, 0.4) is 0 Å². The van der Waals surface area contributed by atoms with Gasteiger partial charge in [-0.1, -0.05) is 71.7 Å². The molecule has 0 aliphatic carbocycles. The second-order valence-corrected chi connectivity index (χ2v) is 15.0. The first kappa shape index (κ1) is 51.6. The second kappa shape index (κ2) is 24.9. The quantitative estimate of drug-likeness (QED) is 0.0655. The van der Waals surface area contributed by atoms with Crippen LogP contribution in [0.5, 0.6) is 11.5 Å². The van der Waals surface area contributed by atoms with Crippen molar-refractivity contribution >= 4 is 49.3 Å². The van der Waals surface area contributed by atoms with Crippen LogP contribution in [0, 0.1) is 56.1 Å². The molecular formula is C47H45BCl2F3N4O6U-. The van der Waals surface area contributed by atoms with Gasteiger partial charge in [0.1, 0.15) is 41.0 Å². The van der Waals surface area contributed by atoms with Gasteiger partial charge in [0.25, 0.3) is 0 Å². The molecular weight excluding hydrogens is 1090 g/mol. The Labute approximate surface area is 407 Å². The minimum atomic E-state index is -0.846. The van der Waals surface area contributed by atoms with Gasteiger partial charge in [-0.2, -0.15) is 4.39 Å². The van der Waals surface area contributed by atoms with Gasteiger partial charge in [-0.3, -0.25) is 4.79 Å². The Morgan fingerprint density at radius 1 is 0.766 bits per heavy atom. The molecule has 2 saturated heterocycles. The molecule has 0 spiro atoms. The Morgan fingerprint density at radius 2 is 1.27 bits per heavy atom. The van der Waals surface area contributed by atoms with Gasteiger partial charge in [-0.25, -0.2) is 23.5 Å². The molecule has 2 fully saturated rings. The molecule has 4 heterocycles. The zero-order valence-electron chi connectivity index (χ0n) is 36.1. The van der Waals surface area contributed by atoms with Gasteiger partial charge in [0.15, 0.2) is 0 Å². The summed E-state index contributed by atoms with van der Waals surface area (Å²) >= 11 is 12.1. The van der Waals surface area contributed by atoms with E-state index in [-0.39, 0.29) is 56.2 Å². The van der Waals surface area contributed by atoms with Gasteiger partial charge in [-0.15, -0.1) is 0 Å². The molecule has 6 aromatic rings. The van der Waals surface area contributed by atoms with Crippen LogP contribution in [-0.4, -0.2) is 81.2 Å². The molecule has 2 aliphatic heterocycles. The number of pyridine rings is 2. The summed E-state index contributed by atoms with van der Waals surface area (Å²) in [6.45, 7) is 1.52. The van der Waals surface area contributed by atoms with E-state index in [9.17, 15) is 19.1 Å². The standard InChI is InChI=1S/C23H20ClFN2O3.C19H14ClF2NO.C4H7NO2.CH3.BH.U/c1-30-19-7-6-16(22(25)21(19)15-3-2-4-17(24)12-15)11-14-5-8-20(26-13-14)27-10-9-18(27)23(28)29;1-24-16-7-6-14(9-12-5-8-17(21)23-11-12)19(22)18(16)13-3-2-4-15(20)10-13;6-4(7)3-1-2-5-3;;;/h2-8,12-13,18H,9-11H2,1H3,(H,28,29);2-8,10-11H,9H2,1H3;3,5H,1-2H2,(H,6,7);1H3;1H;/q;;;-1;;/t18-;;3-;;;/m1.1.../s1/i;;;;1D;. The number of carboxylic acids is 2. The van der Waals surface area contributed by atoms with E-state index in [2.05, 4.69) is 23.7 Å². The van der Waals surface area contributed by atoms with Crippen molar-refractivity contribution in [1.29, 1.82) is 1.34 Å². The predicted molar refractivity (Wildman–Crippen MR) is 242 cm³/mol. The van der Waals surface area contributed by atoms with Crippen LogP contribution < -0.4 is 19.7 Å². The SMILES string of the molecule is COc1ccc(Cc2ccc(F)nc2)c(F)c1-c1cccc(Cl)c1.COc1ccc(Cc2ccc(N3CC[C@@H]3C(=O)O)nc2)c(F)c1-c1cccc(Cl)c1.O=C(O)[C@H]1CCN1.[2H][B].[CH3-].[U]. The third-order valence-corrected chi connectivity index (χ3v) is 10.6. The summed E-state index contributed by atoms with van der Waals surface area (Å²) in [5.74, 6) is -1.41. The van der Waals surface area contributed by atoms with E-state index in [0.717, 1.165) is 24.1 Å². The summed E-state index contributed by atoms with van der Waals surface area (Å²) in [5, 5.41) is 21.1. The smallest absolute Gasteiger partial charge is 0.326 e. The van der Waals surface area contributed by atoms with E-state index in [4.69, 9.17) is 39.1 Å². The fourth-order valence-corrected chi connectivity index (χ4v) is 7.08. The van der Waals surface area contributed by atoms with Crippen molar-refractivity contribution in [3.05, 3.63) is 167 Å². The monoisotopic (exact) mass is 1140 g/mol. The van der Waals surface area contributed by atoms with Gasteiger partial charge in [0.2, 0.25) is 5.95 Å². The fraction of sp³-hybridized carbons (Fsp3) is 0.213. The van der Waals surface area contributed by atoms with E-state index >= 15 is 8.78 Å². The van der Waals surface area contributed by atoms with Gasteiger partial charge in [0, 0.05) is 81.3 Å². The molecule has 17 heteroatoms. The molecule has 3 N–H and O–H groups in total. The molecule has 332 valence electrons. The first-order valence-corrected chi connectivity index (χ1v) is 19.9. The Hall–Kier alpha value is -5.03. The number of aromatic nitrogens is 2. The third-order valence-electron chi connectivity index (χ3n) is 10.1. The van der Waals surface area contributed by atoms with Crippen LogP contribution in [0.4, 0.5) is 19.0 Å². The van der Waals surface area contributed by atoms with E-state index < -0.39 is 23.9 Å². The molecule has 4 aromatic carbocycles. The zero-order chi connectivity index (χ0) is 45.6. The number of aliphatic carboxylic acids is 2. The fourth-order valence-electron chi connectivity index (χ4n) is 6.70. The van der Waals surface area contributed by atoms with Crippen LogP contribution in [0.25, 0.3) is 22.3 Å². The third kappa shape index (κ3) is 13.3. The van der Waals surface area contributed by atoms with Crippen molar-refractivity contribution in [2.24, 2.45) is 0 Å².